The van der Waals surface area contributed by atoms with Crippen molar-refractivity contribution in [3.8, 4) is 17.2 Å². The molecule has 0 radical (unpaired) electrons. The molecule has 1 saturated heterocycles. The largest absolute Gasteiger partial charge is 0.507 e. The van der Waals surface area contributed by atoms with Gasteiger partial charge in [0.25, 0.3) is 11.7 Å². The minimum atomic E-state index is -0.863. The highest BCUT2D eigenvalue weighted by atomic mass is 16.5. The van der Waals surface area contributed by atoms with Crippen LogP contribution in [-0.2, 0) is 15.0 Å². The van der Waals surface area contributed by atoms with Gasteiger partial charge in [-0.15, -0.1) is 0 Å². The van der Waals surface area contributed by atoms with E-state index in [1.807, 2.05) is 24.3 Å². The lowest BCUT2D eigenvalue weighted by molar-refractivity contribution is -0.132. The maximum absolute atomic E-state index is 13.5. The van der Waals surface area contributed by atoms with E-state index in [4.69, 9.17) is 14.2 Å². The van der Waals surface area contributed by atoms with E-state index in [2.05, 4.69) is 20.8 Å². The fourth-order valence-corrected chi connectivity index (χ4v) is 4.47. The number of hydrogen-bond acceptors (Lipinski definition) is 6. The Bertz CT molecular complexity index is 1350. The zero-order valence-electron chi connectivity index (χ0n) is 21.9. The van der Waals surface area contributed by atoms with Crippen LogP contribution in [0.5, 0.6) is 17.2 Å². The Hall–Kier alpha value is -4.26. The van der Waals surface area contributed by atoms with Crippen LogP contribution in [0.15, 0.2) is 72.3 Å². The molecule has 1 heterocycles. The van der Waals surface area contributed by atoms with E-state index in [1.54, 1.807) is 49.6 Å². The van der Waals surface area contributed by atoms with Gasteiger partial charge >= 0.3 is 0 Å². The lowest BCUT2D eigenvalue weighted by Crippen LogP contribution is -2.29. The summed E-state index contributed by atoms with van der Waals surface area (Å²) in [6, 6.07) is 18.7. The summed E-state index contributed by atoms with van der Waals surface area (Å²) >= 11 is 0. The number of carbonyl (C=O) groups is 2. The van der Waals surface area contributed by atoms with Gasteiger partial charge in [0.1, 0.15) is 23.0 Å². The number of rotatable bonds is 6. The lowest BCUT2D eigenvalue weighted by atomic mass is 9.85. The molecule has 3 aromatic rings. The number of methoxy groups -OCH3 is 3. The highest BCUT2D eigenvalue weighted by molar-refractivity contribution is 6.51. The molecule has 1 aliphatic rings. The summed E-state index contributed by atoms with van der Waals surface area (Å²) in [5.41, 5.74) is 2.44. The Labute approximate surface area is 216 Å². The van der Waals surface area contributed by atoms with Gasteiger partial charge in [0.15, 0.2) is 0 Å². The number of amides is 1. The summed E-state index contributed by atoms with van der Waals surface area (Å²) in [6.45, 7) is 6.33. The Balaban J connectivity index is 1.96. The van der Waals surface area contributed by atoms with Gasteiger partial charge in [0, 0.05) is 5.69 Å². The standard InChI is InChI=1S/C30H31NO6/c1-30(2,3)19-9-7-18(8-10-19)26-25(27(32)23-17-22(36-5)15-16-24(23)37-6)28(33)29(34)31(26)20-11-13-21(35-4)14-12-20/h7-17,26,32H,1-6H3/b27-25+. The average molecular weight is 502 g/mol. The third-order valence-electron chi connectivity index (χ3n) is 6.55. The van der Waals surface area contributed by atoms with E-state index < -0.39 is 17.7 Å². The summed E-state index contributed by atoms with van der Waals surface area (Å²) in [5.74, 6) is -0.433. The molecule has 7 nitrogen and oxygen atoms in total. The molecule has 0 bridgehead atoms. The zero-order valence-corrected chi connectivity index (χ0v) is 21.9. The maximum Gasteiger partial charge on any atom is 0.300 e. The average Bonchev–Trinajstić information content (AvgIpc) is 3.17. The van der Waals surface area contributed by atoms with Crippen molar-refractivity contribution >= 4 is 23.1 Å². The smallest absolute Gasteiger partial charge is 0.300 e. The van der Waals surface area contributed by atoms with Gasteiger partial charge in [-0.05, 0) is 59.0 Å². The second-order valence-corrected chi connectivity index (χ2v) is 9.81. The third kappa shape index (κ3) is 4.77. The first kappa shape index (κ1) is 25.8. The van der Waals surface area contributed by atoms with E-state index in [9.17, 15) is 14.7 Å². The molecule has 192 valence electrons. The quantitative estimate of drug-likeness (QED) is 0.267. The summed E-state index contributed by atoms with van der Waals surface area (Å²) in [4.78, 5) is 28.3. The maximum atomic E-state index is 13.5. The van der Waals surface area contributed by atoms with Crippen molar-refractivity contribution in [3.63, 3.8) is 0 Å². The monoisotopic (exact) mass is 501 g/mol. The van der Waals surface area contributed by atoms with Crippen LogP contribution in [0, 0.1) is 0 Å². The summed E-state index contributed by atoms with van der Waals surface area (Å²) in [7, 11) is 4.53. The topological polar surface area (TPSA) is 85.3 Å². The van der Waals surface area contributed by atoms with Crippen LogP contribution in [0.1, 0.15) is 43.5 Å². The molecule has 7 heteroatoms. The SMILES string of the molecule is COc1ccc(N2C(=O)C(=O)/C(=C(/O)c3cc(OC)ccc3OC)C2c2ccc(C(C)(C)C)cc2)cc1. The molecular formula is C30H31NO6. The summed E-state index contributed by atoms with van der Waals surface area (Å²) in [5, 5.41) is 11.5. The molecular weight excluding hydrogens is 470 g/mol. The molecule has 0 aromatic heterocycles. The van der Waals surface area contributed by atoms with E-state index in [1.165, 1.54) is 19.1 Å². The first-order chi connectivity index (χ1) is 17.6. The van der Waals surface area contributed by atoms with Crippen molar-refractivity contribution < 1.29 is 28.9 Å². The number of Topliss-reactive ketones (excluding diaryl/α,β-unsaturated/α-hetero) is 1. The van der Waals surface area contributed by atoms with Gasteiger partial charge in [-0.2, -0.15) is 0 Å². The number of benzene rings is 3. The molecule has 1 amide bonds. The second-order valence-electron chi connectivity index (χ2n) is 9.81. The molecule has 3 aromatic carbocycles. The Morgan fingerprint density at radius 2 is 1.41 bits per heavy atom. The van der Waals surface area contributed by atoms with Gasteiger partial charge in [-0.1, -0.05) is 45.0 Å². The number of carbonyl (C=O) groups excluding carboxylic acids is 2. The minimum absolute atomic E-state index is 0.0316. The van der Waals surface area contributed by atoms with Crippen LogP contribution in [0.25, 0.3) is 5.76 Å². The van der Waals surface area contributed by atoms with Crippen LogP contribution in [0.4, 0.5) is 5.69 Å². The van der Waals surface area contributed by atoms with Crippen molar-refractivity contribution in [2.45, 2.75) is 32.2 Å². The van der Waals surface area contributed by atoms with E-state index in [0.29, 0.717) is 28.5 Å². The number of hydrogen-bond donors (Lipinski definition) is 1. The van der Waals surface area contributed by atoms with Crippen molar-refractivity contribution in [1.29, 1.82) is 0 Å². The minimum Gasteiger partial charge on any atom is -0.507 e. The lowest BCUT2D eigenvalue weighted by Gasteiger charge is -2.27. The first-order valence-electron chi connectivity index (χ1n) is 11.9. The second kappa shape index (κ2) is 10.0. The van der Waals surface area contributed by atoms with Gasteiger partial charge in [0.05, 0.1) is 38.5 Å². The number of nitrogens with zero attached hydrogens (tertiary/aromatic N) is 1. The predicted molar refractivity (Wildman–Crippen MR) is 142 cm³/mol. The number of ketones is 1. The molecule has 1 aliphatic heterocycles. The van der Waals surface area contributed by atoms with Crippen molar-refractivity contribution in [3.05, 3.63) is 89.0 Å². The normalized spacial score (nSPS) is 17.1. The fourth-order valence-electron chi connectivity index (χ4n) is 4.47. The van der Waals surface area contributed by atoms with Gasteiger partial charge in [-0.25, -0.2) is 0 Å². The van der Waals surface area contributed by atoms with Crippen LogP contribution >= 0.6 is 0 Å². The fraction of sp³-hybridized carbons (Fsp3) is 0.267. The van der Waals surface area contributed by atoms with Crippen molar-refractivity contribution in [2.24, 2.45) is 0 Å². The Morgan fingerprint density at radius 3 is 1.95 bits per heavy atom. The molecule has 1 unspecified atom stereocenters. The molecule has 1 fully saturated rings. The van der Waals surface area contributed by atoms with Crippen molar-refractivity contribution in [1.82, 2.24) is 0 Å². The Morgan fingerprint density at radius 1 is 0.811 bits per heavy atom. The molecule has 1 atom stereocenters. The van der Waals surface area contributed by atoms with Crippen LogP contribution in [0.3, 0.4) is 0 Å². The summed E-state index contributed by atoms with van der Waals surface area (Å²) in [6.07, 6.45) is 0. The molecule has 4 rings (SSSR count). The Kier molecular flexibility index (Phi) is 6.99. The van der Waals surface area contributed by atoms with E-state index in [-0.39, 0.29) is 22.3 Å². The first-order valence-corrected chi connectivity index (χ1v) is 11.9. The van der Waals surface area contributed by atoms with E-state index >= 15 is 0 Å². The van der Waals surface area contributed by atoms with Crippen LogP contribution < -0.4 is 19.1 Å². The van der Waals surface area contributed by atoms with Gasteiger partial charge in [-0.3, -0.25) is 14.5 Å². The molecule has 1 N–H and O–H groups in total. The molecule has 0 aliphatic carbocycles. The molecule has 0 spiro atoms. The van der Waals surface area contributed by atoms with Crippen LogP contribution in [0.2, 0.25) is 0 Å². The summed E-state index contributed by atoms with van der Waals surface area (Å²) < 4.78 is 16.0. The van der Waals surface area contributed by atoms with Crippen LogP contribution in [-0.4, -0.2) is 38.1 Å². The van der Waals surface area contributed by atoms with Gasteiger partial charge in [0.2, 0.25) is 0 Å². The highest BCUT2D eigenvalue weighted by Crippen LogP contribution is 2.44. The number of aliphatic hydroxyl groups is 1. The number of ether oxygens (including phenoxy) is 3. The third-order valence-corrected chi connectivity index (χ3v) is 6.55. The predicted octanol–water partition coefficient (Wildman–Crippen LogP) is 5.64. The molecule has 37 heavy (non-hydrogen) atoms. The highest BCUT2D eigenvalue weighted by Gasteiger charge is 2.47. The van der Waals surface area contributed by atoms with Crippen molar-refractivity contribution in [2.75, 3.05) is 26.2 Å². The molecule has 0 saturated carbocycles. The number of anilines is 1. The van der Waals surface area contributed by atoms with Gasteiger partial charge < -0.3 is 19.3 Å². The van der Waals surface area contributed by atoms with E-state index in [0.717, 1.165) is 5.56 Å². The number of aliphatic hydroxyl groups excluding tert-OH is 1. The zero-order chi connectivity index (χ0) is 26.9.